The molecule has 2 N–H and O–H groups in total. The molecule has 1 aromatic carbocycles. The number of nitrogens with two attached hydrogens (primary N) is 1. The summed E-state index contributed by atoms with van der Waals surface area (Å²) in [4.78, 5) is 2.53. The number of hydrogen-bond donors (Lipinski definition) is 1. The van der Waals surface area contributed by atoms with Crippen LogP contribution < -0.4 is 5.73 Å². The lowest BCUT2D eigenvalue weighted by Gasteiger charge is -2.28. The molecule has 0 aromatic heterocycles. The summed E-state index contributed by atoms with van der Waals surface area (Å²) >= 11 is 3.47. The Labute approximate surface area is 131 Å². The van der Waals surface area contributed by atoms with Gasteiger partial charge in [-0.2, -0.15) is 0 Å². The minimum Gasteiger partial charge on any atom is -0.324 e. The zero-order valence-electron chi connectivity index (χ0n) is 12.5. The first kappa shape index (κ1) is 16.0. The molecule has 0 saturated heterocycles. The molecule has 1 aliphatic rings. The largest absolute Gasteiger partial charge is 0.324 e. The normalized spacial score (nSPS) is 19.0. The number of halogens is 1. The Morgan fingerprint density at radius 1 is 1.15 bits per heavy atom. The van der Waals surface area contributed by atoms with Gasteiger partial charge in [-0.25, -0.2) is 0 Å². The van der Waals surface area contributed by atoms with E-state index in [9.17, 15) is 0 Å². The molecule has 0 heterocycles. The van der Waals surface area contributed by atoms with Crippen molar-refractivity contribution in [1.29, 1.82) is 0 Å². The predicted octanol–water partition coefficient (Wildman–Crippen LogP) is 4.49. The van der Waals surface area contributed by atoms with Crippen molar-refractivity contribution in [2.45, 2.75) is 57.0 Å². The molecular weight excluding hydrogens is 312 g/mol. The summed E-state index contributed by atoms with van der Waals surface area (Å²) in [6.45, 7) is 1.10. The van der Waals surface area contributed by atoms with Crippen molar-refractivity contribution >= 4 is 15.9 Å². The molecule has 1 unspecified atom stereocenters. The molecule has 20 heavy (non-hydrogen) atoms. The minimum absolute atomic E-state index is 0.149. The van der Waals surface area contributed by atoms with Gasteiger partial charge in [0, 0.05) is 16.6 Å². The topological polar surface area (TPSA) is 29.3 Å². The van der Waals surface area contributed by atoms with Crippen molar-refractivity contribution in [3.05, 3.63) is 34.3 Å². The molecule has 3 heteroatoms. The zero-order valence-corrected chi connectivity index (χ0v) is 14.1. The van der Waals surface area contributed by atoms with Crippen molar-refractivity contribution in [2.75, 3.05) is 13.6 Å². The van der Waals surface area contributed by atoms with E-state index in [1.807, 2.05) is 0 Å². The summed E-state index contributed by atoms with van der Waals surface area (Å²) in [5.74, 6) is 0. The van der Waals surface area contributed by atoms with Crippen molar-refractivity contribution in [3.63, 3.8) is 0 Å². The van der Waals surface area contributed by atoms with Crippen LogP contribution >= 0.6 is 15.9 Å². The summed E-state index contributed by atoms with van der Waals surface area (Å²) in [5, 5.41) is 0. The van der Waals surface area contributed by atoms with Crippen molar-refractivity contribution in [1.82, 2.24) is 4.90 Å². The third kappa shape index (κ3) is 4.87. The molecule has 1 saturated carbocycles. The Morgan fingerprint density at radius 3 is 2.35 bits per heavy atom. The van der Waals surface area contributed by atoms with Crippen LogP contribution in [0.2, 0.25) is 0 Å². The second-order valence-corrected chi connectivity index (χ2v) is 6.99. The van der Waals surface area contributed by atoms with E-state index in [4.69, 9.17) is 5.73 Å². The highest BCUT2D eigenvalue weighted by Gasteiger charge is 2.17. The van der Waals surface area contributed by atoms with Crippen LogP contribution in [0.15, 0.2) is 28.7 Å². The first-order chi connectivity index (χ1) is 9.66. The molecule has 0 radical (unpaired) electrons. The van der Waals surface area contributed by atoms with Gasteiger partial charge in [0.15, 0.2) is 0 Å². The lowest BCUT2D eigenvalue weighted by molar-refractivity contribution is 0.214. The van der Waals surface area contributed by atoms with Gasteiger partial charge in [0.2, 0.25) is 0 Å². The summed E-state index contributed by atoms with van der Waals surface area (Å²) in [7, 11) is 2.27. The van der Waals surface area contributed by atoms with Crippen LogP contribution in [0.1, 0.15) is 56.6 Å². The maximum atomic E-state index is 6.31. The second kappa shape index (κ2) is 8.16. The molecular formula is C17H27BrN2. The highest BCUT2D eigenvalue weighted by atomic mass is 79.9. The Balaban J connectivity index is 1.79. The Morgan fingerprint density at radius 2 is 1.75 bits per heavy atom. The van der Waals surface area contributed by atoms with Crippen molar-refractivity contribution in [2.24, 2.45) is 5.73 Å². The maximum absolute atomic E-state index is 6.31. The zero-order chi connectivity index (χ0) is 14.4. The molecule has 0 aliphatic heterocycles. The Hall–Kier alpha value is -0.380. The van der Waals surface area contributed by atoms with Crippen LogP contribution in [0.5, 0.6) is 0 Å². The Bertz CT molecular complexity index is 382. The van der Waals surface area contributed by atoms with E-state index < -0.39 is 0 Å². The van der Waals surface area contributed by atoms with Gasteiger partial charge in [-0.05, 0) is 50.6 Å². The van der Waals surface area contributed by atoms with Crippen LogP contribution in [-0.2, 0) is 0 Å². The smallest absolute Gasteiger partial charge is 0.0307 e. The molecule has 2 nitrogen and oxygen atoms in total. The summed E-state index contributed by atoms with van der Waals surface area (Å²) in [6, 6.07) is 9.32. The van der Waals surface area contributed by atoms with Crippen LogP contribution in [0.4, 0.5) is 0 Å². The monoisotopic (exact) mass is 338 g/mol. The quantitative estimate of drug-likeness (QED) is 0.801. The SMILES string of the molecule is CN(CCC(N)c1ccc(Br)cc1)C1CCCCCC1. The van der Waals surface area contributed by atoms with E-state index in [0.29, 0.717) is 0 Å². The summed E-state index contributed by atoms with van der Waals surface area (Å²) in [5.41, 5.74) is 7.55. The van der Waals surface area contributed by atoms with Crippen LogP contribution in [0, 0.1) is 0 Å². The van der Waals surface area contributed by atoms with E-state index in [2.05, 4.69) is 52.1 Å². The molecule has 0 spiro atoms. The second-order valence-electron chi connectivity index (χ2n) is 6.07. The minimum atomic E-state index is 0.149. The summed E-state index contributed by atoms with van der Waals surface area (Å²) < 4.78 is 1.11. The van der Waals surface area contributed by atoms with Crippen LogP contribution in [0.25, 0.3) is 0 Å². The molecule has 1 aliphatic carbocycles. The number of hydrogen-bond acceptors (Lipinski definition) is 2. The predicted molar refractivity (Wildman–Crippen MR) is 89.8 cm³/mol. The third-order valence-corrected chi connectivity index (χ3v) is 5.07. The first-order valence-corrected chi connectivity index (χ1v) is 8.67. The van der Waals surface area contributed by atoms with E-state index in [1.54, 1.807) is 0 Å². The van der Waals surface area contributed by atoms with Gasteiger partial charge in [0.25, 0.3) is 0 Å². The van der Waals surface area contributed by atoms with Gasteiger partial charge < -0.3 is 10.6 Å². The molecule has 2 rings (SSSR count). The molecule has 1 fully saturated rings. The lowest BCUT2D eigenvalue weighted by atomic mass is 10.0. The highest BCUT2D eigenvalue weighted by molar-refractivity contribution is 9.10. The molecule has 0 amide bonds. The van der Waals surface area contributed by atoms with Gasteiger partial charge in [-0.1, -0.05) is 53.7 Å². The van der Waals surface area contributed by atoms with E-state index in [0.717, 1.165) is 23.5 Å². The van der Waals surface area contributed by atoms with Gasteiger partial charge >= 0.3 is 0 Å². The average molecular weight is 339 g/mol. The van der Waals surface area contributed by atoms with E-state index >= 15 is 0 Å². The lowest BCUT2D eigenvalue weighted by Crippen LogP contribution is -2.33. The fraction of sp³-hybridized carbons (Fsp3) is 0.647. The number of nitrogens with zero attached hydrogens (tertiary/aromatic N) is 1. The maximum Gasteiger partial charge on any atom is 0.0307 e. The number of benzene rings is 1. The summed E-state index contributed by atoms with van der Waals surface area (Å²) in [6.07, 6.45) is 9.40. The molecule has 1 atom stereocenters. The van der Waals surface area contributed by atoms with Gasteiger partial charge in [-0.3, -0.25) is 0 Å². The fourth-order valence-corrected chi connectivity index (χ4v) is 3.36. The average Bonchev–Trinajstić information content (AvgIpc) is 2.74. The standard InChI is InChI=1S/C17H27BrN2/c1-20(16-6-4-2-3-5-7-16)13-12-17(19)14-8-10-15(18)11-9-14/h8-11,16-17H,2-7,12-13,19H2,1H3. The van der Waals surface area contributed by atoms with Crippen LogP contribution in [0.3, 0.4) is 0 Å². The number of rotatable bonds is 5. The molecule has 1 aromatic rings. The third-order valence-electron chi connectivity index (χ3n) is 4.54. The van der Waals surface area contributed by atoms with E-state index in [1.165, 1.54) is 44.1 Å². The van der Waals surface area contributed by atoms with Gasteiger partial charge in [-0.15, -0.1) is 0 Å². The molecule has 0 bridgehead atoms. The van der Waals surface area contributed by atoms with Crippen molar-refractivity contribution in [3.8, 4) is 0 Å². The van der Waals surface area contributed by atoms with Gasteiger partial charge in [0.05, 0.1) is 0 Å². The van der Waals surface area contributed by atoms with E-state index in [-0.39, 0.29) is 6.04 Å². The fourth-order valence-electron chi connectivity index (χ4n) is 3.10. The van der Waals surface area contributed by atoms with Crippen molar-refractivity contribution < 1.29 is 0 Å². The first-order valence-electron chi connectivity index (χ1n) is 7.88. The molecule has 112 valence electrons. The highest BCUT2D eigenvalue weighted by Crippen LogP contribution is 2.23. The van der Waals surface area contributed by atoms with Crippen LogP contribution in [-0.4, -0.2) is 24.5 Å². The Kier molecular flexibility index (Phi) is 6.53. The van der Waals surface area contributed by atoms with Gasteiger partial charge in [0.1, 0.15) is 0 Å².